The Morgan fingerprint density at radius 1 is 1.06 bits per heavy atom. The van der Waals surface area contributed by atoms with E-state index in [0.717, 1.165) is 23.7 Å². The lowest BCUT2D eigenvalue weighted by molar-refractivity contribution is 0.404. The van der Waals surface area contributed by atoms with Crippen molar-refractivity contribution in [1.82, 2.24) is 0 Å². The fourth-order valence-corrected chi connectivity index (χ4v) is 3.67. The lowest BCUT2D eigenvalue weighted by atomic mass is 9.89. The van der Waals surface area contributed by atoms with E-state index in [4.69, 9.17) is 5.73 Å². The predicted octanol–water partition coefficient (Wildman–Crippen LogP) is 3.93. The molecular weight excluding hydrogens is 218 g/mol. The van der Waals surface area contributed by atoms with Crippen LogP contribution in [0.25, 0.3) is 0 Å². The molecule has 1 heteroatoms. The summed E-state index contributed by atoms with van der Waals surface area (Å²) in [7, 11) is 0. The van der Waals surface area contributed by atoms with Crippen molar-refractivity contribution in [3.05, 3.63) is 35.4 Å². The number of rotatable bonds is 4. The summed E-state index contributed by atoms with van der Waals surface area (Å²) in [6.45, 7) is 4.54. The van der Waals surface area contributed by atoms with Gasteiger partial charge < -0.3 is 5.73 Å². The first-order valence-electron chi connectivity index (χ1n) is 7.48. The summed E-state index contributed by atoms with van der Waals surface area (Å²) in [4.78, 5) is 0. The van der Waals surface area contributed by atoms with Gasteiger partial charge in [0, 0.05) is 6.04 Å². The van der Waals surface area contributed by atoms with Gasteiger partial charge in [0.25, 0.3) is 0 Å². The van der Waals surface area contributed by atoms with Crippen LogP contribution in [0.1, 0.15) is 50.3 Å². The van der Waals surface area contributed by atoms with E-state index in [1.54, 1.807) is 0 Å². The molecule has 2 fully saturated rings. The molecule has 98 valence electrons. The molecule has 1 aromatic rings. The van der Waals surface area contributed by atoms with Gasteiger partial charge in [0.15, 0.2) is 0 Å². The third-order valence-corrected chi connectivity index (χ3v) is 4.80. The topological polar surface area (TPSA) is 26.0 Å². The average Bonchev–Trinajstić information content (AvgIpc) is 2.95. The van der Waals surface area contributed by atoms with Crippen molar-refractivity contribution in [2.45, 2.75) is 45.6 Å². The van der Waals surface area contributed by atoms with E-state index >= 15 is 0 Å². The predicted molar refractivity (Wildman–Crippen MR) is 76.2 cm³/mol. The summed E-state index contributed by atoms with van der Waals surface area (Å²) in [5.74, 6) is 3.53. The highest BCUT2D eigenvalue weighted by Gasteiger charge is 2.47. The van der Waals surface area contributed by atoms with Crippen molar-refractivity contribution in [2.24, 2.45) is 29.4 Å². The van der Waals surface area contributed by atoms with Gasteiger partial charge in [-0.25, -0.2) is 0 Å². The van der Waals surface area contributed by atoms with Crippen LogP contribution in [0.4, 0.5) is 0 Å². The van der Waals surface area contributed by atoms with Gasteiger partial charge in [-0.1, -0.05) is 38.1 Å². The lowest BCUT2D eigenvalue weighted by Gasteiger charge is -2.21. The van der Waals surface area contributed by atoms with Crippen LogP contribution in [-0.4, -0.2) is 0 Å². The molecule has 0 aromatic heterocycles. The number of hydrogen-bond donors (Lipinski definition) is 1. The van der Waals surface area contributed by atoms with Crippen LogP contribution < -0.4 is 5.73 Å². The van der Waals surface area contributed by atoms with E-state index in [0.29, 0.717) is 0 Å². The SMILES string of the molecule is CC(C)Cc1ccc(C(N)C2CC3CC3C2)cc1. The summed E-state index contributed by atoms with van der Waals surface area (Å²) in [5.41, 5.74) is 9.22. The van der Waals surface area contributed by atoms with Gasteiger partial charge >= 0.3 is 0 Å². The first-order valence-corrected chi connectivity index (χ1v) is 7.48. The van der Waals surface area contributed by atoms with E-state index in [9.17, 15) is 0 Å². The molecule has 0 heterocycles. The Hall–Kier alpha value is -0.820. The fourth-order valence-electron chi connectivity index (χ4n) is 3.67. The highest BCUT2D eigenvalue weighted by molar-refractivity contribution is 5.26. The molecule has 2 saturated carbocycles. The van der Waals surface area contributed by atoms with Crippen LogP contribution in [0.5, 0.6) is 0 Å². The van der Waals surface area contributed by atoms with Crippen LogP contribution >= 0.6 is 0 Å². The largest absolute Gasteiger partial charge is 0.324 e. The maximum atomic E-state index is 6.43. The van der Waals surface area contributed by atoms with Gasteiger partial charge in [-0.3, -0.25) is 0 Å². The third-order valence-electron chi connectivity index (χ3n) is 4.80. The van der Waals surface area contributed by atoms with E-state index in [-0.39, 0.29) is 6.04 Å². The molecule has 0 radical (unpaired) electrons. The Morgan fingerprint density at radius 3 is 2.22 bits per heavy atom. The molecule has 1 nitrogen and oxygen atoms in total. The summed E-state index contributed by atoms with van der Waals surface area (Å²) in [5, 5.41) is 0. The van der Waals surface area contributed by atoms with Gasteiger partial charge in [0.2, 0.25) is 0 Å². The van der Waals surface area contributed by atoms with Crippen LogP contribution in [0.3, 0.4) is 0 Å². The molecule has 3 rings (SSSR count). The highest BCUT2D eigenvalue weighted by Crippen LogP contribution is 2.56. The molecule has 3 unspecified atom stereocenters. The van der Waals surface area contributed by atoms with Crippen LogP contribution in [-0.2, 0) is 6.42 Å². The molecule has 0 bridgehead atoms. The van der Waals surface area contributed by atoms with E-state index < -0.39 is 0 Å². The minimum atomic E-state index is 0.269. The Morgan fingerprint density at radius 2 is 1.67 bits per heavy atom. The smallest absolute Gasteiger partial charge is 0.0323 e. The quantitative estimate of drug-likeness (QED) is 0.852. The molecule has 2 aliphatic rings. The molecule has 18 heavy (non-hydrogen) atoms. The van der Waals surface area contributed by atoms with Crippen molar-refractivity contribution in [1.29, 1.82) is 0 Å². The second kappa shape index (κ2) is 4.70. The lowest BCUT2D eigenvalue weighted by Crippen LogP contribution is -2.20. The van der Waals surface area contributed by atoms with Crippen molar-refractivity contribution in [3.63, 3.8) is 0 Å². The number of benzene rings is 1. The normalized spacial score (nSPS) is 31.4. The van der Waals surface area contributed by atoms with Crippen LogP contribution in [0.2, 0.25) is 0 Å². The van der Waals surface area contributed by atoms with E-state index in [2.05, 4.69) is 38.1 Å². The summed E-state index contributed by atoms with van der Waals surface area (Å²) < 4.78 is 0. The number of fused-ring (bicyclic) bond motifs is 1. The summed E-state index contributed by atoms with van der Waals surface area (Å²) in [6, 6.07) is 9.32. The zero-order chi connectivity index (χ0) is 12.7. The van der Waals surface area contributed by atoms with E-state index in [1.807, 2.05) is 0 Å². The molecule has 0 saturated heterocycles. The Bertz CT molecular complexity index is 396. The molecule has 2 N–H and O–H groups in total. The van der Waals surface area contributed by atoms with Crippen molar-refractivity contribution in [2.75, 3.05) is 0 Å². The molecule has 0 spiro atoms. The van der Waals surface area contributed by atoms with Crippen LogP contribution in [0, 0.1) is 23.7 Å². The highest BCUT2D eigenvalue weighted by atomic mass is 14.7. The maximum absolute atomic E-state index is 6.43. The van der Waals surface area contributed by atoms with Crippen molar-refractivity contribution < 1.29 is 0 Å². The number of hydrogen-bond acceptors (Lipinski definition) is 1. The molecular formula is C17H25N. The molecule has 1 aromatic carbocycles. The minimum absolute atomic E-state index is 0.269. The van der Waals surface area contributed by atoms with E-state index in [1.165, 1.54) is 36.8 Å². The molecule has 3 atom stereocenters. The van der Waals surface area contributed by atoms with Gasteiger partial charge in [0.1, 0.15) is 0 Å². The Balaban J connectivity index is 1.64. The zero-order valence-electron chi connectivity index (χ0n) is 11.6. The Kier molecular flexibility index (Phi) is 3.19. The average molecular weight is 243 g/mol. The van der Waals surface area contributed by atoms with Crippen LogP contribution in [0.15, 0.2) is 24.3 Å². The van der Waals surface area contributed by atoms with Gasteiger partial charge in [-0.2, -0.15) is 0 Å². The minimum Gasteiger partial charge on any atom is -0.324 e. The van der Waals surface area contributed by atoms with Gasteiger partial charge in [0.05, 0.1) is 0 Å². The molecule has 0 amide bonds. The second-order valence-electron chi connectivity index (χ2n) is 6.85. The van der Waals surface area contributed by atoms with Gasteiger partial charge in [-0.15, -0.1) is 0 Å². The summed E-state index contributed by atoms with van der Waals surface area (Å²) in [6.07, 6.45) is 5.40. The van der Waals surface area contributed by atoms with Crippen molar-refractivity contribution in [3.8, 4) is 0 Å². The third kappa shape index (κ3) is 2.47. The number of nitrogens with two attached hydrogens (primary N) is 1. The first-order chi connectivity index (χ1) is 8.63. The zero-order valence-corrected chi connectivity index (χ0v) is 11.6. The first kappa shape index (κ1) is 12.2. The fraction of sp³-hybridized carbons (Fsp3) is 0.647. The monoisotopic (exact) mass is 243 g/mol. The second-order valence-corrected chi connectivity index (χ2v) is 6.85. The maximum Gasteiger partial charge on any atom is 0.0323 e. The summed E-state index contributed by atoms with van der Waals surface area (Å²) >= 11 is 0. The molecule has 2 aliphatic carbocycles. The molecule has 0 aliphatic heterocycles. The van der Waals surface area contributed by atoms with Crippen molar-refractivity contribution >= 4 is 0 Å². The Labute approximate surface area is 111 Å². The standard InChI is InChI=1S/C17H25N/c1-11(2)7-12-3-5-13(6-4-12)17(18)16-9-14-8-15(14)10-16/h3-6,11,14-17H,7-10,18H2,1-2H3. The van der Waals surface area contributed by atoms with Gasteiger partial charge in [-0.05, 0) is 60.5 Å².